The van der Waals surface area contributed by atoms with Crippen LogP contribution in [-0.4, -0.2) is 57.8 Å². The number of hydrogen-bond acceptors (Lipinski definition) is 10. The van der Waals surface area contributed by atoms with Gasteiger partial charge in [0, 0.05) is 23.7 Å². The zero-order valence-corrected chi connectivity index (χ0v) is 24.2. The fraction of sp³-hybridized carbons (Fsp3) is 0.393. The van der Waals surface area contributed by atoms with Crippen LogP contribution in [0.4, 0.5) is 0 Å². The van der Waals surface area contributed by atoms with Crippen LogP contribution in [0.25, 0.3) is 0 Å². The Morgan fingerprint density at radius 3 is 2.55 bits per heavy atom. The first-order valence-corrected chi connectivity index (χ1v) is 15.4. The number of aromatic amines is 1. The van der Waals surface area contributed by atoms with Crippen molar-refractivity contribution in [3.8, 4) is 5.75 Å². The molecule has 0 bridgehead atoms. The van der Waals surface area contributed by atoms with E-state index in [4.69, 9.17) is 34.9 Å². The van der Waals surface area contributed by atoms with E-state index >= 15 is 0 Å². The second kappa shape index (κ2) is 12.5. The third-order valence-electron chi connectivity index (χ3n) is 7.16. The van der Waals surface area contributed by atoms with Gasteiger partial charge in [-0.1, -0.05) is 48.9 Å². The Balaban J connectivity index is 1.31. The molecular formula is C28H30ClN2O10P. The molecule has 2 aromatic carbocycles. The molecule has 14 heteroatoms. The van der Waals surface area contributed by atoms with Gasteiger partial charge in [0.1, 0.15) is 30.2 Å². The maximum absolute atomic E-state index is 14.1. The van der Waals surface area contributed by atoms with E-state index in [-0.39, 0.29) is 18.5 Å². The molecule has 2 aliphatic rings. The van der Waals surface area contributed by atoms with Crippen LogP contribution in [-0.2, 0) is 34.7 Å². The highest BCUT2D eigenvalue weighted by Gasteiger charge is 2.62. The van der Waals surface area contributed by atoms with Crippen LogP contribution in [0.5, 0.6) is 5.75 Å². The summed E-state index contributed by atoms with van der Waals surface area (Å²) in [5, 5.41) is 11.6. The smallest absolute Gasteiger partial charge is 0.380 e. The van der Waals surface area contributed by atoms with Gasteiger partial charge in [0.25, 0.3) is 5.56 Å². The van der Waals surface area contributed by atoms with Crippen molar-refractivity contribution < 1.29 is 37.7 Å². The second-order valence-electron chi connectivity index (χ2n) is 10.2. The third kappa shape index (κ3) is 6.54. The Bertz CT molecular complexity index is 1560. The van der Waals surface area contributed by atoms with Gasteiger partial charge in [-0.3, -0.25) is 23.7 Å². The van der Waals surface area contributed by atoms with E-state index in [1.165, 1.54) is 18.3 Å². The number of rotatable bonds is 11. The SMILES string of the molecule is C[C@H](CP(=O)(OC[C@H]1O[C@@H](n2ccc(=O)[nH]c2=O)[C@@]2(CCO2)[C@@H]1O)Oc1ccc(Cl)cc1)C(=O)OCc1ccccc1. The van der Waals surface area contributed by atoms with E-state index in [1.807, 2.05) is 30.3 Å². The number of hydrogen-bond donors (Lipinski definition) is 2. The van der Waals surface area contributed by atoms with Crippen molar-refractivity contribution in [2.75, 3.05) is 19.4 Å². The van der Waals surface area contributed by atoms with Crippen molar-refractivity contribution in [3.05, 3.63) is 98.3 Å². The van der Waals surface area contributed by atoms with E-state index in [0.717, 1.165) is 16.2 Å². The lowest BCUT2D eigenvalue weighted by Gasteiger charge is -2.44. The molecule has 3 aromatic rings. The van der Waals surface area contributed by atoms with Crippen molar-refractivity contribution in [2.45, 2.75) is 44.0 Å². The normalized spacial score (nSPS) is 25.4. The summed E-state index contributed by atoms with van der Waals surface area (Å²) in [4.78, 5) is 39.0. The quantitative estimate of drug-likeness (QED) is 0.241. The van der Waals surface area contributed by atoms with Gasteiger partial charge in [-0.2, -0.15) is 0 Å². The van der Waals surface area contributed by atoms with Gasteiger partial charge in [-0.25, -0.2) is 9.36 Å². The number of aliphatic hydroxyl groups excluding tert-OH is 1. The number of ether oxygens (including phenoxy) is 3. The first kappa shape index (κ1) is 30.2. The molecule has 2 saturated heterocycles. The van der Waals surface area contributed by atoms with Crippen LogP contribution < -0.4 is 15.8 Å². The van der Waals surface area contributed by atoms with Crippen molar-refractivity contribution in [1.29, 1.82) is 0 Å². The highest BCUT2D eigenvalue weighted by atomic mass is 35.5. The number of benzene rings is 2. The number of carbonyl (C=O) groups excluding carboxylic acids is 1. The third-order valence-corrected chi connectivity index (χ3v) is 9.44. The molecule has 0 aliphatic carbocycles. The summed E-state index contributed by atoms with van der Waals surface area (Å²) in [7, 11) is -4.07. The Morgan fingerprint density at radius 2 is 1.90 bits per heavy atom. The van der Waals surface area contributed by atoms with Crippen LogP contribution in [0, 0.1) is 5.92 Å². The summed E-state index contributed by atoms with van der Waals surface area (Å²) in [5.41, 5.74) is -1.80. The minimum absolute atomic E-state index is 0.0446. The number of carbonyl (C=O) groups is 1. The fourth-order valence-corrected chi connectivity index (χ4v) is 6.86. The number of nitrogens with zero attached hydrogens (tertiary/aromatic N) is 1. The molecule has 2 aliphatic heterocycles. The standard InChI is InChI=1S/C28H30ClN2O10P/c1-18(25(34)37-15-19-5-3-2-4-6-19)17-42(36,41-21-9-7-20(29)8-10-21)39-16-22-24(33)28(12-14-38-28)26(40-22)31-13-11-23(32)30-27(31)35/h2-11,13,18,22,24,26,33H,12,14-17H2,1H3,(H,30,32,35)/t18-,22-,24-,26-,28-,42?/m1/s1. The lowest BCUT2D eigenvalue weighted by atomic mass is 9.86. The van der Waals surface area contributed by atoms with E-state index < -0.39 is 61.4 Å². The average molecular weight is 621 g/mol. The molecule has 1 spiro atoms. The highest BCUT2D eigenvalue weighted by molar-refractivity contribution is 7.54. The number of aliphatic hydroxyl groups is 1. The van der Waals surface area contributed by atoms with E-state index in [9.17, 15) is 24.1 Å². The highest BCUT2D eigenvalue weighted by Crippen LogP contribution is 2.53. The van der Waals surface area contributed by atoms with E-state index in [2.05, 4.69) is 4.98 Å². The number of aromatic nitrogens is 2. The summed E-state index contributed by atoms with van der Waals surface area (Å²) in [5.74, 6) is -1.29. The van der Waals surface area contributed by atoms with Gasteiger partial charge in [-0.05, 0) is 29.8 Å². The number of nitrogens with one attached hydrogen (secondary N) is 1. The summed E-state index contributed by atoms with van der Waals surface area (Å²) >= 11 is 5.97. The maximum Gasteiger partial charge on any atom is 0.380 e. The molecule has 5 rings (SSSR count). The first-order chi connectivity index (χ1) is 20.1. The topological polar surface area (TPSA) is 155 Å². The first-order valence-electron chi connectivity index (χ1n) is 13.3. The van der Waals surface area contributed by atoms with Crippen molar-refractivity contribution in [2.24, 2.45) is 5.92 Å². The molecule has 12 nitrogen and oxygen atoms in total. The molecule has 0 radical (unpaired) electrons. The maximum atomic E-state index is 14.1. The Morgan fingerprint density at radius 1 is 1.19 bits per heavy atom. The molecule has 2 N–H and O–H groups in total. The van der Waals surface area contributed by atoms with Crippen LogP contribution >= 0.6 is 19.2 Å². The molecule has 2 fully saturated rings. The lowest BCUT2D eigenvalue weighted by Crippen LogP contribution is -2.57. The van der Waals surface area contributed by atoms with Crippen LogP contribution in [0.2, 0.25) is 5.02 Å². The predicted molar refractivity (Wildman–Crippen MR) is 150 cm³/mol. The predicted octanol–water partition coefficient (Wildman–Crippen LogP) is 3.28. The molecule has 0 amide bonds. The van der Waals surface area contributed by atoms with Crippen molar-refractivity contribution >= 4 is 25.2 Å². The van der Waals surface area contributed by atoms with Gasteiger partial charge < -0.3 is 23.8 Å². The Kier molecular flexibility index (Phi) is 9.03. The molecule has 224 valence electrons. The minimum Gasteiger partial charge on any atom is -0.461 e. The van der Waals surface area contributed by atoms with Gasteiger partial charge in [0.15, 0.2) is 6.23 Å². The van der Waals surface area contributed by atoms with Gasteiger partial charge in [-0.15, -0.1) is 0 Å². The summed E-state index contributed by atoms with van der Waals surface area (Å²) in [6, 6.07) is 16.4. The molecule has 0 saturated carbocycles. The number of halogens is 1. The molecule has 1 unspecified atom stereocenters. The van der Waals surface area contributed by atoms with Crippen LogP contribution in [0.1, 0.15) is 25.1 Å². The zero-order chi connectivity index (χ0) is 29.9. The van der Waals surface area contributed by atoms with Crippen molar-refractivity contribution in [3.63, 3.8) is 0 Å². The average Bonchev–Trinajstić information content (AvgIpc) is 3.24. The van der Waals surface area contributed by atoms with Gasteiger partial charge in [0.2, 0.25) is 0 Å². The molecule has 42 heavy (non-hydrogen) atoms. The van der Waals surface area contributed by atoms with E-state index in [0.29, 0.717) is 18.1 Å². The fourth-order valence-electron chi connectivity index (χ4n) is 4.87. The van der Waals surface area contributed by atoms with E-state index in [1.54, 1.807) is 19.1 Å². The molecule has 6 atom stereocenters. The van der Waals surface area contributed by atoms with Gasteiger partial charge in [0.05, 0.1) is 25.3 Å². The Hall–Kier alpha value is -3.25. The van der Waals surface area contributed by atoms with Crippen LogP contribution in [0.3, 0.4) is 0 Å². The Labute approximate surface area is 245 Å². The largest absolute Gasteiger partial charge is 0.461 e. The van der Waals surface area contributed by atoms with Gasteiger partial charge >= 0.3 is 19.3 Å². The summed E-state index contributed by atoms with van der Waals surface area (Å²) in [6.07, 6.45) is -2.16. The van der Waals surface area contributed by atoms with Crippen LogP contribution in [0.15, 0.2) is 76.4 Å². The van der Waals surface area contributed by atoms with Crippen molar-refractivity contribution in [1.82, 2.24) is 9.55 Å². The zero-order valence-electron chi connectivity index (χ0n) is 22.6. The monoisotopic (exact) mass is 620 g/mol. The molecular weight excluding hydrogens is 591 g/mol. The summed E-state index contributed by atoms with van der Waals surface area (Å²) in [6.45, 7) is 1.50. The second-order valence-corrected chi connectivity index (χ2v) is 12.6. The molecule has 1 aromatic heterocycles. The molecule has 3 heterocycles. The number of H-pyrrole nitrogens is 1. The summed E-state index contributed by atoms with van der Waals surface area (Å²) < 4.78 is 43.9. The number of esters is 1. The lowest BCUT2D eigenvalue weighted by molar-refractivity contribution is -0.227. The minimum atomic E-state index is -4.07.